The summed E-state index contributed by atoms with van der Waals surface area (Å²) in [5, 5.41) is 12.9. The van der Waals surface area contributed by atoms with Gasteiger partial charge in [0, 0.05) is 31.8 Å². The lowest BCUT2D eigenvalue weighted by Gasteiger charge is -2.30. The van der Waals surface area contributed by atoms with Gasteiger partial charge in [0.1, 0.15) is 0 Å². The highest BCUT2D eigenvalue weighted by Crippen LogP contribution is 2.18. The second kappa shape index (κ2) is 8.50. The molecular weight excluding hydrogens is 290 g/mol. The summed E-state index contributed by atoms with van der Waals surface area (Å²) in [7, 11) is 0. The smallest absolute Gasteiger partial charge is 0.251 e. The number of β-amino-alcohol motifs (C(OH)–C–C–N with tert-alkyl or cyclic N) is 1. The van der Waals surface area contributed by atoms with Crippen molar-refractivity contribution < 1.29 is 9.90 Å². The van der Waals surface area contributed by atoms with Crippen LogP contribution in [0.4, 0.5) is 0 Å². The molecule has 0 bridgehead atoms. The van der Waals surface area contributed by atoms with Crippen LogP contribution in [0.1, 0.15) is 18.1 Å². The highest BCUT2D eigenvalue weighted by Gasteiger charge is 2.18. The Kier molecular flexibility index (Phi) is 6.38. The first-order chi connectivity index (χ1) is 11.1. The Hall–Kier alpha value is -2.11. The van der Waals surface area contributed by atoms with Crippen LogP contribution < -0.4 is 11.1 Å². The Morgan fingerprint density at radius 1 is 1.43 bits per heavy atom. The van der Waals surface area contributed by atoms with Gasteiger partial charge in [-0.3, -0.25) is 9.69 Å². The molecular formula is C18H25N3O2. The first-order valence-electron chi connectivity index (χ1n) is 7.94. The summed E-state index contributed by atoms with van der Waals surface area (Å²) in [5.41, 5.74) is 8.50. The van der Waals surface area contributed by atoms with E-state index in [1.165, 1.54) is 17.3 Å². The van der Waals surface area contributed by atoms with Crippen LogP contribution in [0.25, 0.3) is 0 Å². The Balaban J connectivity index is 1.80. The highest BCUT2D eigenvalue weighted by atomic mass is 16.3. The number of carbonyl (C=O) groups excluding carboxylic acids is 1. The molecule has 2 rings (SSSR count). The molecule has 124 valence electrons. The summed E-state index contributed by atoms with van der Waals surface area (Å²) in [6.45, 7) is 4.32. The van der Waals surface area contributed by atoms with Crippen LogP contribution in [0.3, 0.4) is 0 Å². The number of nitrogens with one attached hydrogen (secondary N) is 1. The molecule has 23 heavy (non-hydrogen) atoms. The molecule has 4 N–H and O–H groups in total. The standard InChI is InChI=1S/C18H25N3O2/c1-2-14(7-9-19)18(23)20-11-17(22)13-21-10-8-15-5-3-4-6-16(15)12-21/h2-7,9,17,22H,8,10-13,19H2,1H3,(H,20,23)/b9-7-,14-2+/t17-/m1/s1. The van der Waals surface area contributed by atoms with E-state index in [2.05, 4.69) is 28.4 Å². The minimum absolute atomic E-state index is 0.225. The fourth-order valence-electron chi connectivity index (χ4n) is 2.79. The summed E-state index contributed by atoms with van der Waals surface area (Å²) in [6.07, 6.45) is 4.97. The topological polar surface area (TPSA) is 78.6 Å². The molecule has 1 aromatic rings. The second-order valence-corrected chi connectivity index (χ2v) is 5.72. The highest BCUT2D eigenvalue weighted by molar-refractivity contribution is 5.96. The molecule has 1 aliphatic rings. The molecule has 1 heterocycles. The van der Waals surface area contributed by atoms with Gasteiger partial charge in [-0.15, -0.1) is 0 Å². The van der Waals surface area contributed by atoms with Crippen LogP contribution in [-0.4, -0.2) is 41.7 Å². The molecule has 0 unspecified atom stereocenters. The Bertz CT molecular complexity index is 596. The van der Waals surface area contributed by atoms with Crippen molar-refractivity contribution in [2.24, 2.45) is 5.73 Å². The lowest BCUT2D eigenvalue weighted by atomic mass is 10.00. The maximum Gasteiger partial charge on any atom is 0.251 e. The zero-order chi connectivity index (χ0) is 16.7. The van der Waals surface area contributed by atoms with Crippen LogP contribution in [0.15, 0.2) is 48.2 Å². The molecule has 1 aromatic carbocycles. The summed E-state index contributed by atoms with van der Waals surface area (Å²) in [5.74, 6) is -0.225. The van der Waals surface area contributed by atoms with Crippen molar-refractivity contribution in [3.05, 3.63) is 59.3 Å². The average molecular weight is 315 g/mol. The third-order valence-electron chi connectivity index (χ3n) is 4.03. The molecule has 0 aliphatic carbocycles. The normalized spacial score (nSPS) is 17.0. The molecule has 0 fully saturated rings. The molecule has 5 heteroatoms. The lowest BCUT2D eigenvalue weighted by molar-refractivity contribution is -0.117. The van der Waals surface area contributed by atoms with Crippen LogP contribution in [0.2, 0.25) is 0 Å². The third-order valence-corrected chi connectivity index (χ3v) is 4.03. The van der Waals surface area contributed by atoms with Crippen LogP contribution >= 0.6 is 0 Å². The fourth-order valence-corrected chi connectivity index (χ4v) is 2.79. The predicted molar refractivity (Wildman–Crippen MR) is 91.5 cm³/mol. The van der Waals surface area contributed by atoms with Crippen molar-refractivity contribution in [2.75, 3.05) is 19.6 Å². The van der Waals surface area contributed by atoms with Crippen LogP contribution in [0, 0.1) is 0 Å². The molecule has 1 aliphatic heterocycles. The van der Waals surface area contributed by atoms with E-state index >= 15 is 0 Å². The minimum atomic E-state index is -0.593. The van der Waals surface area contributed by atoms with Crippen molar-refractivity contribution in [3.63, 3.8) is 0 Å². The number of amides is 1. The Labute approximate surface area is 137 Å². The first kappa shape index (κ1) is 17.2. The predicted octanol–water partition coefficient (Wildman–Crippen LogP) is 0.941. The van der Waals surface area contributed by atoms with E-state index in [1.807, 2.05) is 6.07 Å². The van der Waals surface area contributed by atoms with Crippen molar-refractivity contribution in [1.29, 1.82) is 0 Å². The van der Waals surface area contributed by atoms with Gasteiger partial charge in [-0.05, 0) is 36.7 Å². The van der Waals surface area contributed by atoms with Crippen molar-refractivity contribution in [1.82, 2.24) is 10.2 Å². The molecule has 1 amide bonds. The zero-order valence-corrected chi connectivity index (χ0v) is 13.5. The number of hydrogen-bond donors (Lipinski definition) is 3. The lowest BCUT2D eigenvalue weighted by Crippen LogP contribution is -2.42. The number of allylic oxidation sites excluding steroid dienone is 1. The van der Waals surface area contributed by atoms with Gasteiger partial charge in [0.25, 0.3) is 5.91 Å². The summed E-state index contributed by atoms with van der Waals surface area (Å²) < 4.78 is 0. The van der Waals surface area contributed by atoms with Gasteiger partial charge in [0.05, 0.1) is 6.10 Å². The Morgan fingerprint density at radius 3 is 2.87 bits per heavy atom. The zero-order valence-electron chi connectivity index (χ0n) is 13.5. The van der Waals surface area contributed by atoms with E-state index < -0.39 is 6.10 Å². The second-order valence-electron chi connectivity index (χ2n) is 5.72. The summed E-state index contributed by atoms with van der Waals surface area (Å²) >= 11 is 0. The number of benzene rings is 1. The molecule has 0 saturated carbocycles. The van der Waals surface area contributed by atoms with Gasteiger partial charge >= 0.3 is 0 Å². The van der Waals surface area contributed by atoms with Crippen molar-refractivity contribution in [3.8, 4) is 0 Å². The van der Waals surface area contributed by atoms with E-state index in [4.69, 9.17) is 5.73 Å². The van der Waals surface area contributed by atoms with Crippen LogP contribution in [0.5, 0.6) is 0 Å². The fraction of sp³-hybridized carbons (Fsp3) is 0.389. The molecule has 0 spiro atoms. The number of nitrogens with zero attached hydrogens (tertiary/aromatic N) is 1. The SMILES string of the molecule is C/C=C(\C=C/N)C(=O)NC[C@@H](O)CN1CCc2ccccc2C1. The quantitative estimate of drug-likeness (QED) is 0.539. The van der Waals surface area contributed by atoms with Crippen LogP contribution in [-0.2, 0) is 17.8 Å². The molecule has 0 saturated heterocycles. The van der Waals surface area contributed by atoms with Gasteiger partial charge in [-0.1, -0.05) is 30.3 Å². The summed E-state index contributed by atoms with van der Waals surface area (Å²) in [6, 6.07) is 8.40. The van der Waals surface area contributed by atoms with Gasteiger partial charge < -0.3 is 16.2 Å². The van der Waals surface area contributed by atoms with E-state index in [1.54, 1.807) is 19.1 Å². The van der Waals surface area contributed by atoms with Gasteiger partial charge in [0.2, 0.25) is 0 Å². The van der Waals surface area contributed by atoms with Gasteiger partial charge in [-0.2, -0.15) is 0 Å². The number of hydrogen-bond acceptors (Lipinski definition) is 4. The maximum absolute atomic E-state index is 11.9. The van der Waals surface area contributed by atoms with E-state index in [0.717, 1.165) is 19.5 Å². The number of carbonyl (C=O) groups is 1. The number of aliphatic hydroxyl groups is 1. The van der Waals surface area contributed by atoms with Crippen molar-refractivity contribution in [2.45, 2.75) is 26.0 Å². The molecule has 5 nitrogen and oxygen atoms in total. The van der Waals surface area contributed by atoms with E-state index in [0.29, 0.717) is 12.1 Å². The first-order valence-corrected chi connectivity index (χ1v) is 7.94. The number of nitrogens with two attached hydrogens (primary N) is 1. The minimum Gasteiger partial charge on any atom is -0.405 e. The molecule has 0 radical (unpaired) electrons. The monoisotopic (exact) mass is 315 g/mol. The maximum atomic E-state index is 11.9. The third kappa shape index (κ3) is 4.94. The Morgan fingerprint density at radius 2 is 2.17 bits per heavy atom. The number of fused-ring (bicyclic) bond motifs is 1. The van der Waals surface area contributed by atoms with Crippen molar-refractivity contribution >= 4 is 5.91 Å². The molecule has 0 aromatic heterocycles. The van der Waals surface area contributed by atoms with Gasteiger partial charge in [-0.25, -0.2) is 0 Å². The number of rotatable bonds is 6. The molecule has 1 atom stereocenters. The number of aliphatic hydroxyl groups excluding tert-OH is 1. The largest absolute Gasteiger partial charge is 0.405 e. The summed E-state index contributed by atoms with van der Waals surface area (Å²) in [4.78, 5) is 14.1. The van der Waals surface area contributed by atoms with Gasteiger partial charge in [0.15, 0.2) is 0 Å². The van der Waals surface area contributed by atoms with E-state index in [9.17, 15) is 9.90 Å². The van der Waals surface area contributed by atoms with E-state index in [-0.39, 0.29) is 12.5 Å². The average Bonchev–Trinajstić information content (AvgIpc) is 2.57.